The van der Waals surface area contributed by atoms with Gasteiger partial charge in [-0.2, -0.15) is 0 Å². The number of halogens is 1. The van der Waals surface area contributed by atoms with Crippen LogP contribution >= 0.6 is 15.9 Å². The lowest BCUT2D eigenvalue weighted by Gasteiger charge is -2.24. The van der Waals surface area contributed by atoms with Crippen molar-refractivity contribution in [2.24, 2.45) is 0 Å². The van der Waals surface area contributed by atoms with Gasteiger partial charge in [0.25, 0.3) is 5.91 Å². The Bertz CT molecular complexity index is 846. The smallest absolute Gasteiger partial charge is 0.326 e. The molecule has 1 atom stereocenters. The first-order chi connectivity index (χ1) is 11.3. The number of aromatic nitrogens is 1. The molecule has 1 aliphatic carbocycles. The largest absolute Gasteiger partial charge is 0.480 e. The number of amides is 1. The third kappa shape index (κ3) is 2.90. The molecule has 126 valence electrons. The van der Waals surface area contributed by atoms with Crippen molar-refractivity contribution in [1.29, 1.82) is 0 Å². The molecule has 0 radical (unpaired) electrons. The van der Waals surface area contributed by atoms with Gasteiger partial charge in [0.1, 0.15) is 6.04 Å². The predicted octanol–water partition coefficient (Wildman–Crippen LogP) is 3.73. The van der Waals surface area contributed by atoms with E-state index in [4.69, 9.17) is 4.98 Å². The monoisotopic (exact) mass is 390 g/mol. The number of hydrogen-bond acceptors (Lipinski definition) is 3. The zero-order valence-electron chi connectivity index (χ0n) is 13.8. The number of nitrogens with zero attached hydrogens (tertiary/aromatic N) is 2. The normalized spacial score (nSPS) is 15.3. The summed E-state index contributed by atoms with van der Waals surface area (Å²) in [5, 5.41) is 9.96. The van der Waals surface area contributed by atoms with Crippen molar-refractivity contribution in [2.45, 2.75) is 38.6 Å². The van der Waals surface area contributed by atoms with Gasteiger partial charge in [-0.1, -0.05) is 15.9 Å². The molecule has 1 unspecified atom stereocenters. The lowest BCUT2D eigenvalue weighted by molar-refractivity contribution is -0.141. The standard InChI is InChI=1S/C18H19BrN2O3/c1-9-15(17(22)21(3)10(2)18(23)24)13-8-12(19)6-7-14(13)20-16(9)11-4-5-11/h6-8,10-11H,4-5H2,1-3H3,(H,23,24). The third-order valence-electron chi connectivity index (χ3n) is 4.66. The zero-order chi connectivity index (χ0) is 17.6. The average molecular weight is 391 g/mol. The number of carbonyl (C=O) groups is 2. The summed E-state index contributed by atoms with van der Waals surface area (Å²) in [4.78, 5) is 30.3. The first-order valence-electron chi connectivity index (χ1n) is 7.91. The zero-order valence-corrected chi connectivity index (χ0v) is 15.4. The molecule has 3 rings (SSSR count). The van der Waals surface area contributed by atoms with E-state index in [1.807, 2.05) is 25.1 Å². The van der Waals surface area contributed by atoms with Gasteiger partial charge in [-0.15, -0.1) is 0 Å². The molecule has 1 saturated carbocycles. The maximum atomic E-state index is 13.1. The summed E-state index contributed by atoms with van der Waals surface area (Å²) in [6.07, 6.45) is 2.18. The summed E-state index contributed by atoms with van der Waals surface area (Å²) in [5.74, 6) is -0.896. The number of benzene rings is 1. The Morgan fingerprint density at radius 3 is 2.62 bits per heavy atom. The minimum atomic E-state index is -1.02. The number of fused-ring (bicyclic) bond motifs is 1. The van der Waals surface area contributed by atoms with Crippen molar-refractivity contribution in [3.05, 3.63) is 39.5 Å². The highest BCUT2D eigenvalue weighted by Gasteiger charge is 2.32. The van der Waals surface area contributed by atoms with Gasteiger partial charge < -0.3 is 10.0 Å². The topological polar surface area (TPSA) is 70.5 Å². The van der Waals surface area contributed by atoms with E-state index < -0.39 is 12.0 Å². The molecule has 1 aliphatic rings. The van der Waals surface area contributed by atoms with Crippen LogP contribution in [0.25, 0.3) is 10.9 Å². The van der Waals surface area contributed by atoms with Gasteiger partial charge in [0.2, 0.25) is 0 Å². The maximum absolute atomic E-state index is 13.1. The quantitative estimate of drug-likeness (QED) is 0.862. The highest BCUT2D eigenvalue weighted by molar-refractivity contribution is 9.10. The number of pyridine rings is 1. The van der Waals surface area contributed by atoms with Gasteiger partial charge >= 0.3 is 5.97 Å². The van der Waals surface area contributed by atoms with Crippen molar-refractivity contribution < 1.29 is 14.7 Å². The number of likely N-dealkylation sites (N-methyl/N-ethyl adjacent to an activating group) is 1. The van der Waals surface area contributed by atoms with Crippen LogP contribution < -0.4 is 0 Å². The molecule has 0 saturated heterocycles. The number of rotatable bonds is 4. The molecule has 5 nitrogen and oxygen atoms in total. The molecule has 1 heterocycles. The van der Waals surface area contributed by atoms with Crippen LogP contribution in [-0.4, -0.2) is 40.0 Å². The summed E-state index contributed by atoms with van der Waals surface area (Å²) in [5.41, 5.74) is 3.14. The second-order valence-electron chi connectivity index (χ2n) is 6.36. The highest BCUT2D eigenvalue weighted by atomic mass is 79.9. The van der Waals surface area contributed by atoms with Gasteiger partial charge in [0, 0.05) is 28.5 Å². The molecule has 6 heteroatoms. The molecule has 0 aliphatic heterocycles. The van der Waals surface area contributed by atoms with E-state index in [-0.39, 0.29) is 5.91 Å². The Labute approximate surface area is 148 Å². The number of carbonyl (C=O) groups excluding carboxylic acids is 1. The van der Waals surface area contributed by atoms with E-state index in [2.05, 4.69) is 15.9 Å². The summed E-state index contributed by atoms with van der Waals surface area (Å²) in [7, 11) is 1.53. The first kappa shape index (κ1) is 16.9. The van der Waals surface area contributed by atoms with Crippen molar-refractivity contribution in [3.63, 3.8) is 0 Å². The van der Waals surface area contributed by atoms with Crippen LogP contribution in [-0.2, 0) is 4.79 Å². The van der Waals surface area contributed by atoms with Crippen LogP contribution in [0.4, 0.5) is 0 Å². The molecule has 24 heavy (non-hydrogen) atoms. The SMILES string of the molecule is Cc1c(C2CC2)nc2ccc(Br)cc2c1C(=O)N(C)C(C)C(=O)O. The second-order valence-corrected chi connectivity index (χ2v) is 7.28. The van der Waals surface area contributed by atoms with Crippen LogP contribution in [0, 0.1) is 6.92 Å². The minimum Gasteiger partial charge on any atom is -0.480 e. The Morgan fingerprint density at radius 2 is 2.04 bits per heavy atom. The molecule has 1 aromatic heterocycles. The van der Waals surface area contributed by atoms with Crippen LogP contribution in [0.3, 0.4) is 0 Å². The van der Waals surface area contributed by atoms with E-state index in [1.54, 1.807) is 0 Å². The lowest BCUT2D eigenvalue weighted by atomic mass is 9.98. The van der Waals surface area contributed by atoms with E-state index in [0.717, 1.165) is 39.5 Å². The Kier molecular flexibility index (Phi) is 4.34. The molecule has 1 N–H and O–H groups in total. The Balaban J connectivity index is 2.20. The number of hydrogen-bond donors (Lipinski definition) is 1. The van der Waals surface area contributed by atoms with E-state index in [0.29, 0.717) is 11.5 Å². The van der Waals surface area contributed by atoms with Crippen molar-refractivity contribution in [3.8, 4) is 0 Å². The summed E-state index contributed by atoms with van der Waals surface area (Å²) in [6.45, 7) is 3.42. The van der Waals surface area contributed by atoms with E-state index in [9.17, 15) is 14.7 Å². The van der Waals surface area contributed by atoms with Crippen molar-refractivity contribution >= 4 is 38.7 Å². The second kappa shape index (κ2) is 6.16. The molecule has 1 amide bonds. The fraction of sp³-hybridized carbons (Fsp3) is 0.389. The molecule has 0 spiro atoms. The average Bonchev–Trinajstić information content (AvgIpc) is 3.37. The lowest BCUT2D eigenvalue weighted by Crippen LogP contribution is -2.40. The van der Waals surface area contributed by atoms with Gasteiger partial charge in [-0.05, 0) is 50.5 Å². The Hall–Kier alpha value is -1.95. The molecule has 1 aromatic carbocycles. The molecule has 0 bridgehead atoms. The summed E-state index contributed by atoms with van der Waals surface area (Å²) in [6, 6.07) is 4.77. The first-order valence-corrected chi connectivity index (χ1v) is 8.70. The number of carboxylic acid groups (broad SMARTS) is 1. The predicted molar refractivity (Wildman–Crippen MR) is 95.3 cm³/mol. The molecular formula is C18H19BrN2O3. The van der Waals surface area contributed by atoms with E-state index in [1.165, 1.54) is 18.9 Å². The highest BCUT2D eigenvalue weighted by Crippen LogP contribution is 2.42. The van der Waals surface area contributed by atoms with Crippen LogP contribution in [0.2, 0.25) is 0 Å². The van der Waals surface area contributed by atoms with Gasteiger partial charge in [0.05, 0.1) is 11.1 Å². The van der Waals surface area contributed by atoms with Crippen LogP contribution in [0.5, 0.6) is 0 Å². The number of aliphatic carboxylic acids is 1. The summed E-state index contributed by atoms with van der Waals surface area (Å²) >= 11 is 3.44. The fourth-order valence-corrected chi connectivity index (χ4v) is 3.26. The third-order valence-corrected chi connectivity index (χ3v) is 5.16. The number of carboxylic acids is 1. The van der Waals surface area contributed by atoms with E-state index >= 15 is 0 Å². The molecule has 2 aromatic rings. The van der Waals surface area contributed by atoms with Crippen LogP contribution in [0.15, 0.2) is 22.7 Å². The van der Waals surface area contributed by atoms with Gasteiger partial charge in [-0.25, -0.2) is 4.79 Å². The van der Waals surface area contributed by atoms with Gasteiger partial charge in [-0.3, -0.25) is 9.78 Å². The Morgan fingerprint density at radius 1 is 1.38 bits per heavy atom. The van der Waals surface area contributed by atoms with Crippen LogP contribution in [0.1, 0.15) is 47.3 Å². The van der Waals surface area contributed by atoms with Crippen molar-refractivity contribution in [2.75, 3.05) is 7.05 Å². The fourth-order valence-electron chi connectivity index (χ4n) is 2.90. The molecule has 1 fully saturated rings. The molecular weight excluding hydrogens is 372 g/mol. The van der Waals surface area contributed by atoms with Gasteiger partial charge in [0.15, 0.2) is 0 Å². The summed E-state index contributed by atoms with van der Waals surface area (Å²) < 4.78 is 0.860. The maximum Gasteiger partial charge on any atom is 0.326 e. The minimum absolute atomic E-state index is 0.283. The van der Waals surface area contributed by atoms with Crippen molar-refractivity contribution in [1.82, 2.24) is 9.88 Å².